The minimum absolute atomic E-state index is 0.156. The van der Waals surface area contributed by atoms with Gasteiger partial charge in [0.25, 0.3) is 5.91 Å². The van der Waals surface area contributed by atoms with E-state index in [0.717, 1.165) is 12.8 Å². The van der Waals surface area contributed by atoms with E-state index in [9.17, 15) is 14.0 Å². The largest absolute Gasteiger partial charge is 0.325 e. The van der Waals surface area contributed by atoms with Crippen LogP contribution < -0.4 is 5.32 Å². The van der Waals surface area contributed by atoms with Crippen LogP contribution in [0.25, 0.3) is 0 Å². The number of imide groups is 1. The predicted molar refractivity (Wildman–Crippen MR) is 74.4 cm³/mol. The van der Waals surface area contributed by atoms with Crippen LogP contribution in [0, 0.1) is 5.82 Å². The number of carbonyl (C=O) groups is 2. The van der Waals surface area contributed by atoms with Crippen molar-refractivity contribution < 1.29 is 14.0 Å². The molecule has 1 N–H and O–H groups in total. The quantitative estimate of drug-likeness (QED) is 0.841. The first-order valence-corrected chi connectivity index (χ1v) is 7.39. The van der Waals surface area contributed by atoms with E-state index in [0.29, 0.717) is 22.9 Å². The van der Waals surface area contributed by atoms with E-state index < -0.39 is 5.54 Å². The molecule has 0 unspecified atom stereocenters. The van der Waals surface area contributed by atoms with Gasteiger partial charge in [0, 0.05) is 4.47 Å². The maximum Gasteiger partial charge on any atom is 0.325 e. The number of carbonyl (C=O) groups excluding carboxylic acids is 2. The molecule has 1 heterocycles. The number of nitrogens with one attached hydrogen (secondary N) is 1. The van der Waals surface area contributed by atoms with E-state index in [1.54, 1.807) is 6.07 Å². The smallest absolute Gasteiger partial charge is 0.323 e. The summed E-state index contributed by atoms with van der Waals surface area (Å²) in [6.07, 6.45) is 3.33. The molecule has 0 radical (unpaired) electrons. The van der Waals surface area contributed by atoms with Crippen LogP contribution in [0.5, 0.6) is 0 Å². The van der Waals surface area contributed by atoms with Gasteiger partial charge in [0.2, 0.25) is 0 Å². The van der Waals surface area contributed by atoms with Crippen molar-refractivity contribution in [1.82, 2.24) is 10.2 Å². The SMILES string of the molecule is O=C1NC2(CCCC2)C(=O)N1Cc1ccc(F)cc1Br. The van der Waals surface area contributed by atoms with Crippen LogP contribution in [-0.4, -0.2) is 22.4 Å². The molecule has 2 aliphatic rings. The second kappa shape index (κ2) is 4.84. The molecular weight excluding hydrogens is 327 g/mol. The van der Waals surface area contributed by atoms with E-state index in [1.807, 2.05) is 0 Å². The number of amides is 3. The van der Waals surface area contributed by atoms with Crippen LogP contribution in [0.3, 0.4) is 0 Å². The number of hydrogen-bond donors (Lipinski definition) is 1. The Morgan fingerprint density at radius 3 is 2.65 bits per heavy atom. The van der Waals surface area contributed by atoms with Gasteiger partial charge in [-0.25, -0.2) is 9.18 Å². The molecule has 4 nitrogen and oxygen atoms in total. The third-order valence-corrected chi connectivity index (χ3v) is 4.78. The van der Waals surface area contributed by atoms with Gasteiger partial charge in [-0.15, -0.1) is 0 Å². The Kier molecular flexibility index (Phi) is 3.28. The summed E-state index contributed by atoms with van der Waals surface area (Å²) in [6.45, 7) is 0.160. The lowest BCUT2D eigenvalue weighted by Gasteiger charge is -2.20. The van der Waals surface area contributed by atoms with Gasteiger partial charge in [0.05, 0.1) is 6.54 Å². The Bertz CT molecular complexity index is 585. The summed E-state index contributed by atoms with van der Waals surface area (Å²) in [7, 11) is 0. The van der Waals surface area contributed by atoms with Crippen molar-refractivity contribution in [2.24, 2.45) is 0 Å². The molecule has 106 valence electrons. The number of hydrogen-bond acceptors (Lipinski definition) is 2. The fraction of sp³-hybridized carbons (Fsp3) is 0.429. The third-order valence-electron chi connectivity index (χ3n) is 4.05. The van der Waals surface area contributed by atoms with Gasteiger partial charge in [-0.05, 0) is 30.5 Å². The highest BCUT2D eigenvalue weighted by molar-refractivity contribution is 9.10. The molecule has 3 amide bonds. The first-order chi connectivity index (χ1) is 9.52. The first-order valence-electron chi connectivity index (χ1n) is 6.60. The zero-order chi connectivity index (χ0) is 14.3. The normalized spacial score (nSPS) is 20.8. The zero-order valence-electron chi connectivity index (χ0n) is 10.8. The molecule has 0 atom stereocenters. The van der Waals surface area contributed by atoms with Crippen molar-refractivity contribution in [2.45, 2.75) is 37.8 Å². The minimum Gasteiger partial charge on any atom is -0.323 e. The Labute approximate surface area is 124 Å². The van der Waals surface area contributed by atoms with Crippen LogP contribution in [0.15, 0.2) is 22.7 Å². The molecular formula is C14H14BrFN2O2. The summed E-state index contributed by atoms with van der Waals surface area (Å²) in [5, 5.41) is 2.83. The zero-order valence-corrected chi connectivity index (χ0v) is 12.4. The van der Waals surface area contributed by atoms with Gasteiger partial charge >= 0.3 is 6.03 Å². The lowest BCUT2D eigenvalue weighted by Crippen LogP contribution is -2.44. The van der Waals surface area contributed by atoms with E-state index in [1.165, 1.54) is 17.0 Å². The summed E-state index contributed by atoms with van der Waals surface area (Å²) in [6, 6.07) is 3.89. The lowest BCUT2D eigenvalue weighted by atomic mass is 9.98. The highest BCUT2D eigenvalue weighted by atomic mass is 79.9. The van der Waals surface area contributed by atoms with E-state index in [2.05, 4.69) is 21.2 Å². The molecule has 3 rings (SSSR count). The monoisotopic (exact) mass is 340 g/mol. The molecule has 1 aliphatic carbocycles. The maximum atomic E-state index is 13.1. The molecule has 0 bridgehead atoms. The summed E-state index contributed by atoms with van der Waals surface area (Å²) < 4.78 is 13.6. The molecule has 2 fully saturated rings. The van der Waals surface area contributed by atoms with E-state index >= 15 is 0 Å². The third kappa shape index (κ3) is 2.12. The summed E-state index contributed by atoms with van der Waals surface area (Å²) in [5.41, 5.74) is 0.0220. The van der Waals surface area contributed by atoms with Gasteiger partial charge < -0.3 is 5.32 Å². The molecule has 1 aromatic rings. The summed E-state index contributed by atoms with van der Waals surface area (Å²) in [5.74, 6) is -0.513. The second-order valence-electron chi connectivity index (χ2n) is 5.35. The van der Waals surface area contributed by atoms with Gasteiger partial charge in [-0.2, -0.15) is 0 Å². The second-order valence-corrected chi connectivity index (χ2v) is 6.20. The van der Waals surface area contributed by atoms with Crippen LogP contribution in [0.2, 0.25) is 0 Å². The van der Waals surface area contributed by atoms with Crippen molar-refractivity contribution in [1.29, 1.82) is 0 Å². The molecule has 1 saturated heterocycles. The van der Waals surface area contributed by atoms with Crippen LogP contribution in [-0.2, 0) is 11.3 Å². The first kappa shape index (κ1) is 13.5. The van der Waals surface area contributed by atoms with Crippen molar-refractivity contribution in [2.75, 3.05) is 0 Å². The topological polar surface area (TPSA) is 49.4 Å². The Balaban J connectivity index is 1.84. The van der Waals surface area contributed by atoms with Gasteiger partial charge in [0.1, 0.15) is 11.4 Å². The lowest BCUT2D eigenvalue weighted by molar-refractivity contribution is -0.131. The number of benzene rings is 1. The Morgan fingerprint density at radius 2 is 2.00 bits per heavy atom. The molecule has 6 heteroatoms. The van der Waals surface area contributed by atoms with Crippen molar-refractivity contribution in [3.63, 3.8) is 0 Å². The molecule has 20 heavy (non-hydrogen) atoms. The van der Waals surface area contributed by atoms with Crippen molar-refractivity contribution >= 4 is 27.9 Å². The average molecular weight is 341 g/mol. The Hall–Kier alpha value is -1.43. The average Bonchev–Trinajstić information content (AvgIpc) is 2.94. The molecule has 1 aromatic carbocycles. The van der Waals surface area contributed by atoms with Gasteiger partial charge in [-0.1, -0.05) is 34.8 Å². The number of halogens is 2. The summed E-state index contributed by atoms with van der Waals surface area (Å²) in [4.78, 5) is 25.7. The minimum atomic E-state index is -0.691. The van der Waals surface area contributed by atoms with E-state index in [4.69, 9.17) is 0 Å². The highest BCUT2D eigenvalue weighted by Crippen LogP contribution is 2.36. The number of rotatable bonds is 2. The molecule has 1 saturated carbocycles. The predicted octanol–water partition coefficient (Wildman–Crippen LogP) is 2.95. The molecule has 1 spiro atoms. The van der Waals surface area contributed by atoms with Crippen LogP contribution in [0.1, 0.15) is 31.2 Å². The summed E-state index contributed by atoms with van der Waals surface area (Å²) >= 11 is 3.26. The Morgan fingerprint density at radius 1 is 1.30 bits per heavy atom. The van der Waals surface area contributed by atoms with Gasteiger partial charge in [-0.3, -0.25) is 9.69 Å². The molecule has 0 aromatic heterocycles. The van der Waals surface area contributed by atoms with Crippen molar-refractivity contribution in [3.05, 3.63) is 34.1 Å². The van der Waals surface area contributed by atoms with Crippen molar-refractivity contribution in [3.8, 4) is 0 Å². The standard InChI is InChI=1S/C14H14BrFN2O2/c15-11-7-10(16)4-3-9(11)8-18-12(19)14(17-13(18)20)5-1-2-6-14/h3-4,7H,1-2,5-6,8H2,(H,17,20). The fourth-order valence-corrected chi connectivity index (χ4v) is 3.43. The number of nitrogens with zero attached hydrogens (tertiary/aromatic N) is 1. The number of urea groups is 1. The van der Waals surface area contributed by atoms with E-state index in [-0.39, 0.29) is 24.3 Å². The fourth-order valence-electron chi connectivity index (χ4n) is 2.96. The van der Waals surface area contributed by atoms with Gasteiger partial charge in [0.15, 0.2) is 0 Å². The maximum absolute atomic E-state index is 13.1. The molecule has 1 aliphatic heterocycles. The van der Waals surface area contributed by atoms with Crippen LogP contribution >= 0.6 is 15.9 Å². The highest BCUT2D eigenvalue weighted by Gasteiger charge is 2.52. The van der Waals surface area contributed by atoms with Crippen LogP contribution in [0.4, 0.5) is 9.18 Å².